The normalized spacial score (nSPS) is 18.1. The van der Waals surface area contributed by atoms with Crippen molar-refractivity contribution in [2.45, 2.75) is 31.2 Å². The second kappa shape index (κ2) is 8.96. The molecule has 0 bridgehead atoms. The molecule has 2 heterocycles. The van der Waals surface area contributed by atoms with Gasteiger partial charge in [-0.15, -0.1) is 0 Å². The number of amides is 2. The summed E-state index contributed by atoms with van der Waals surface area (Å²) in [5, 5.41) is 2.59. The summed E-state index contributed by atoms with van der Waals surface area (Å²) in [5.74, 6) is -2.55. The van der Waals surface area contributed by atoms with E-state index in [0.29, 0.717) is 12.1 Å². The summed E-state index contributed by atoms with van der Waals surface area (Å²) in [6.07, 6.45) is -8.74. The number of hydrogen-bond acceptors (Lipinski definition) is 3. The van der Waals surface area contributed by atoms with Crippen LogP contribution in [0.5, 0.6) is 0 Å². The number of benzene rings is 2. The first-order valence-electron chi connectivity index (χ1n) is 10.7. The molecular formula is C25H19F6N3O2. The fourth-order valence-electron chi connectivity index (χ4n) is 4.33. The predicted molar refractivity (Wildman–Crippen MR) is 118 cm³/mol. The number of likely N-dealkylation sites (N-methyl/N-ethyl adjacent to an activating group) is 1. The first kappa shape index (κ1) is 25.2. The van der Waals surface area contributed by atoms with Crippen LogP contribution in [0.2, 0.25) is 0 Å². The fraction of sp³-hybridized carbons (Fsp3) is 0.240. The smallest absolute Gasteiger partial charge is 0.334 e. The zero-order valence-electron chi connectivity index (χ0n) is 18.9. The number of hydrogen-bond donors (Lipinski definition) is 1. The lowest BCUT2D eigenvalue weighted by Crippen LogP contribution is -2.44. The number of pyridine rings is 1. The maximum Gasteiger partial charge on any atom is 0.416 e. The minimum absolute atomic E-state index is 0.00778. The molecule has 5 nitrogen and oxygen atoms in total. The Morgan fingerprint density at radius 3 is 2.14 bits per heavy atom. The highest BCUT2D eigenvalue weighted by Gasteiger charge is 2.45. The van der Waals surface area contributed by atoms with Crippen LogP contribution in [0.3, 0.4) is 0 Å². The molecule has 2 amide bonds. The van der Waals surface area contributed by atoms with Crippen LogP contribution >= 0.6 is 0 Å². The van der Waals surface area contributed by atoms with E-state index in [0.717, 1.165) is 10.5 Å². The number of rotatable bonds is 3. The van der Waals surface area contributed by atoms with Crippen molar-refractivity contribution in [1.82, 2.24) is 9.88 Å². The number of aromatic nitrogens is 1. The summed E-state index contributed by atoms with van der Waals surface area (Å²) in [7, 11) is 1.24. The maximum atomic E-state index is 13.6. The monoisotopic (exact) mass is 507 g/mol. The molecule has 0 spiro atoms. The average Bonchev–Trinajstić information content (AvgIpc) is 2.79. The number of carbonyl (C=O) groups excluding carboxylic acids is 2. The minimum Gasteiger partial charge on any atom is -0.334 e. The Bertz CT molecular complexity index is 1300. The highest BCUT2D eigenvalue weighted by atomic mass is 19.4. The molecule has 0 fully saturated rings. The van der Waals surface area contributed by atoms with E-state index in [1.165, 1.54) is 31.4 Å². The van der Waals surface area contributed by atoms with Crippen LogP contribution in [0.4, 0.5) is 32.2 Å². The Kier molecular flexibility index (Phi) is 6.27. The van der Waals surface area contributed by atoms with Crippen LogP contribution in [0, 0.1) is 6.92 Å². The van der Waals surface area contributed by atoms with Gasteiger partial charge in [0.2, 0.25) is 5.91 Å². The zero-order valence-corrected chi connectivity index (χ0v) is 18.9. The molecule has 0 radical (unpaired) electrons. The summed E-state index contributed by atoms with van der Waals surface area (Å²) < 4.78 is 81.4. The van der Waals surface area contributed by atoms with Crippen molar-refractivity contribution in [2.24, 2.45) is 0 Å². The topological polar surface area (TPSA) is 62.3 Å². The molecule has 36 heavy (non-hydrogen) atoms. The van der Waals surface area contributed by atoms with Crippen LogP contribution in [-0.4, -0.2) is 28.7 Å². The molecule has 1 aliphatic rings. The number of anilines is 1. The Labute approximate surface area is 201 Å². The van der Waals surface area contributed by atoms with E-state index in [1.807, 2.05) is 0 Å². The fourth-order valence-corrected chi connectivity index (χ4v) is 4.33. The number of alkyl halides is 6. The van der Waals surface area contributed by atoms with Gasteiger partial charge in [-0.05, 0) is 60.0 Å². The summed E-state index contributed by atoms with van der Waals surface area (Å²) in [4.78, 5) is 31.6. The van der Waals surface area contributed by atoms with Crippen LogP contribution in [0.25, 0.3) is 0 Å². The van der Waals surface area contributed by atoms with Crippen LogP contribution < -0.4 is 5.32 Å². The molecule has 0 saturated heterocycles. The Morgan fingerprint density at radius 2 is 1.56 bits per heavy atom. The van der Waals surface area contributed by atoms with Gasteiger partial charge in [0.1, 0.15) is 5.82 Å². The van der Waals surface area contributed by atoms with E-state index in [4.69, 9.17) is 0 Å². The second-order valence-electron chi connectivity index (χ2n) is 8.47. The van der Waals surface area contributed by atoms with Crippen LogP contribution in [0.1, 0.15) is 50.1 Å². The Balaban J connectivity index is 1.91. The lowest BCUT2D eigenvalue weighted by Gasteiger charge is -2.40. The van der Waals surface area contributed by atoms with Crippen molar-refractivity contribution in [3.63, 3.8) is 0 Å². The van der Waals surface area contributed by atoms with Crippen molar-refractivity contribution in [2.75, 3.05) is 12.4 Å². The molecule has 2 aromatic carbocycles. The number of nitrogens with one attached hydrogen (secondary N) is 1. The van der Waals surface area contributed by atoms with Gasteiger partial charge in [-0.2, -0.15) is 26.3 Å². The lowest BCUT2D eigenvalue weighted by molar-refractivity contribution is -0.143. The number of fused-ring (bicyclic) bond motifs is 1. The minimum atomic E-state index is -5.09. The SMILES string of the molecule is Cc1ccnc(NC(=O)C2c3ccccc3C(=O)N(C)C2c2cc(C(F)(F)F)cc(C(F)(F)F)c2)c1. The van der Waals surface area contributed by atoms with Gasteiger partial charge in [-0.25, -0.2) is 4.98 Å². The molecule has 188 valence electrons. The molecule has 11 heteroatoms. The molecule has 1 aliphatic heterocycles. The van der Waals surface area contributed by atoms with Gasteiger partial charge in [-0.1, -0.05) is 18.2 Å². The Hall–Kier alpha value is -3.89. The number of aryl methyl sites for hydroxylation is 1. The summed E-state index contributed by atoms with van der Waals surface area (Å²) in [5.41, 5.74) is -2.47. The highest BCUT2D eigenvalue weighted by Crippen LogP contribution is 2.45. The van der Waals surface area contributed by atoms with E-state index in [2.05, 4.69) is 10.3 Å². The van der Waals surface area contributed by atoms with Crippen molar-refractivity contribution in [3.8, 4) is 0 Å². The van der Waals surface area contributed by atoms with Crippen molar-refractivity contribution in [1.29, 1.82) is 0 Å². The van der Waals surface area contributed by atoms with Crippen LogP contribution in [-0.2, 0) is 17.1 Å². The number of carbonyl (C=O) groups is 2. The lowest BCUT2D eigenvalue weighted by atomic mass is 9.78. The summed E-state index contributed by atoms with van der Waals surface area (Å²) in [6, 6.07) is 8.87. The van der Waals surface area contributed by atoms with E-state index >= 15 is 0 Å². The molecule has 1 N–H and O–H groups in total. The largest absolute Gasteiger partial charge is 0.416 e. The van der Waals surface area contributed by atoms with Gasteiger partial charge in [0.25, 0.3) is 5.91 Å². The van der Waals surface area contributed by atoms with Gasteiger partial charge < -0.3 is 10.2 Å². The molecule has 3 aromatic rings. The standard InChI is InChI=1S/C25H19F6N3O2/c1-13-7-8-32-19(9-13)33-22(35)20-17-5-3-4-6-18(17)23(36)34(2)21(20)14-10-15(24(26,27)28)12-16(11-14)25(29,30)31/h3-12,20-21H,1-2H3,(H,32,33,35). The average molecular weight is 507 g/mol. The third kappa shape index (κ3) is 4.77. The van der Waals surface area contributed by atoms with E-state index in [-0.39, 0.29) is 23.0 Å². The van der Waals surface area contributed by atoms with Gasteiger partial charge in [0.05, 0.1) is 23.1 Å². The predicted octanol–water partition coefficient (Wildman–Crippen LogP) is 5.98. The zero-order chi connectivity index (χ0) is 26.4. The molecule has 4 rings (SSSR count). The first-order valence-corrected chi connectivity index (χ1v) is 10.7. The van der Waals surface area contributed by atoms with Crippen molar-refractivity contribution >= 4 is 17.6 Å². The molecule has 1 aromatic heterocycles. The summed E-state index contributed by atoms with van der Waals surface area (Å²) in [6.45, 7) is 1.75. The van der Waals surface area contributed by atoms with Gasteiger partial charge >= 0.3 is 12.4 Å². The van der Waals surface area contributed by atoms with Crippen molar-refractivity contribution in [3.05, 3.63) is 94.2 Å². The maximum absolute atomic E-state index is 13.6. The van der Waals surface area contributed by atoms with Gasteiger partial charge in [0, 0.05) is 18.8 Å². The quantitative estimate of drug-likeness (QED) is 0.444. The molecule has 2 atom stereocenters. The molecule has 0 saturated carbocycles. The molecular weight excluding hydrogens is 488 g/mol. The van der Waals surface area contributed by atoms with Crippen molar-refractivity contribution < 1.29 is 35.9 Å². The first-order chi connectivity index (χ1) is 16.8. The van der Waals surface area contributed by atoms with Gasteiger partial charge in [-0.3, -0.25) is 9.59 Å². The number of nitrogens with zero attached hydrogens (tertiary/aromatic N) is 2. The molecule has 2 unspecified atom stereocenters. The van der Waals surface area contributed by atoms with E-state index in [1.54, 1.807) is 25.1 Å². The summed E-state index contributed by atoms with van der Waals surface area (Å²) >= 11 is 0. The van der Waals surface area contributed by atoms with E-state index < -0.39 is 52.8 Å². The van der Waals surface area contributed by atoms with Gasteiger partial charge in [0.15, 0.2) is 0 Å². The molecule has 0 aliphatic carbocycles. The second-order valence-corrected chi connectivity index (χ2v) is 8.47. The number of halogens is 6. The Morgan fingerprint density at radius 1 is 0.944 bits per heavy atom. The third-order valence-electron chi connectivity index (χ3n) is 5.98. The third-order valence-corrected chi connectivity index (χ3v) is 5.98. The van der Waals surface area contributed by atoms with E-state index in [9.17, 15) is 35.9 Å². The van der Waals surface area contributed by atoms with Crippen LogP contribution in [0.15, 0.2) is 60.8 Å². The highest BCUT2D eigenvalue weighted by molar-refractivity contribution is 6.04.